The molecule has 1 heterocycles. The van der Waals surface area contributed by atoms with Gasteiger partial charge < -0.3 is 0 Å². The van der Waals surface area contributed by atoms with Crippen LogP contribution in [-0.4, -0.2) is 15.3 Å². The minimum atomic E-state index is -0.0511. The van der Waals surface area contributed by atoms with Crippen molar-refractivity contribution in [2.24, 2.45) is 5.92 Å². The standard InChI is InChI=1S/C15H16ClN3OS/c1-10(2)9-19-14(20)12-5-4-11(16)8-13(12)18-15(19)21-7-3-6-17/h4-5,8,10H,3,7,9H2,1-2H3. The summed E-state index contributed by atoms with van der Waals surface area (Å²) in [6.07, 6.45) is 0.426. The number of fused-ring (bicyclic) bond motifs is 1. The minimum Gasteiger partial charge on any atom is -0.287 e. The molecule has 0 fully saturated rings. The van der Waals surface area contributed by atoms with E-state index >= 15 is 0 Å². The lowest BCUT2D eigenvalue weighted by Crippen LogP contribution is -2.25. The van der Waals surface area contributed by atoms with Crippen molar-refractivity contribution in [1.82, 2.24) is 9.55 Å². The maximum absolute atomic E-state index is 12.6. The highest BCUT2D eigenvalue weighted by Crippen LogP contribution is 2.21. The first-order chi connectivity index (χ1) is 10.0. The Bertz CT molecular complexity index is 749. The second kappa shape index (κ2) is 6.97. The second-order valence-electron chi connectivity index (χ2n) is 5.12. The van der Waals surface area contributed by atoms with E-state index in [0.29, 0.717) is 45.7 Å². The second-order valence-corrected chi connectivity index (χ2v) is 6.62. The fraction of sp³-hybridized carbons (Fsp3) is 0.400. The molecule has 0 aliphatic heterocycles. The van der Waals surface area contributed by atoms with Crippen molar-refractivity contribution in [3.8, 4) is 6.07 Å². The number of thioether (sulfide) groups is 1. The molecule has 0 unspecified atom stereocenters. The topological polar surface area (TPSA) is 58.7 Å². The minimum absolute atomic E-state index is 0.0511. The Kier molecular flexibility index (Phi) is 5.27. The SMILES string of the molecule is CC(C)Cn1c(SCCC#N)nc2cc(Cl)ccc2c1=O. The van der Waals surface area contributed by atoms with Gasteiger partial charge in [0.2, 0.25) is 0 Å². The number of nitrogens with zero attached hydrogens (tertiary/aromatic N) is 3. The molecule has 0 saturated heterocycles. The molecule has 4 nitrogen and oxygen atoms in total. The molecule has 2 rings (SSSR count). The predicted molar refractivity (Wildman–Crippen MR) is 86.8 cm³/mol. The molecule has 0 N–H and O–H groups in total. The van der Waals surface area contributed by atoms with Crippen molar-refractivity contribution in [3.05, 3.63) is 33.6 Å². The highest BCUT2D eigenvalue weighted by Gasteiger charge is 2.13. The summed E-state index contributed by atoms with van der Waals surface area (Å²) in [5.41, 5.74) is 0.553. The Morgan fingerprint density at radius 3 is 2.90 bits per heavy atom. The Labute approximate surface area is 132 Å². The molecule has 1 aromatic carbocycles. The van der Waals surface area contributed by atoms with Crippen molar-refractivity contribution in [1.29, 1.82) is 5.26 Å². The zero-order valence-electron chi connectivity index (χ0n) is 12.0. The van der Waals surface area contributed by atoms with Crippen LogP contribution in [0.5, 0.6) is 0 Å². The number of halogens is 1. The van der Waals surface area contributed by atoms with Gasteiger partial charge in [0.15, 0.2) is 5.16 Å². The Hall–Kier alpha value is -1.51. The summed E-state index contributed by atoms with van der Waals surface area (Å²) in [5, 5.41) is 10.4. The summed E-state index contributed by atoms with van der Waals surface area (Å²) >= 11 is 7.41. The van der Waals surface area contributed by atoms with Crippen molar-refractivity contribution >= 4 is 34.3 Å². The number of benzene rings is 1. The highest BCUT2D eigenvalue weighted by atomic mass is 35.5. The monoisotopic (exact) mass is 321 g/mol. The molecule has 0 bridgehead atoms. The summed E-state index contributed by atoms with van der Waals surface area (Å²) in [4.78, 5) is 17.2. The van der Waals surface area contributed by atoms with E-state index in [0.717, 1.165) is 0 Å². The third-order valence-corrected chi connectivity index (χ3v) is 4.09. The van der Waals surface area contributed by atoms with Gasteiger partial charge in [0.25, 0.3) is 5.56 Å². The Morgan fingerprint density at radius 2 is 2.24 bits per heavy atom. The van der Waals surface area contributed by atoms with Gasteiger partial charge in [-0.3, -0.25) is 9.36 Å². The van der Waals surface area contributed by atoms with Crippen molar-refractivity contribution in [3.63, 3.8) is 0 Å². The van der Waals surface area contributed by atoms with E-state index in [1.807, 2.05) is 0 Å². The van der Waals surface area contributed by atoms with Gasteiger partial charge >= 0.3 is 0 Å². The molecule has 0 radical (unpaired) electrons. The van der Waals surface area contributed by atoms with E-state index in [4.69, 9.17) is 16.9 Å². The first-order valence-corrected chi connectivity index (χ1v) is 8.09. The molecule has 2 aromatic rings. The van der Waals surface area contributed by atoms with Gasteiger partial charge in [-0.25, -0.2) is 4.98 Å². The van der Waals surface area contributed by atoms with Crippen molar-refractivity contribution in [2.75, 3.05) is 5.75 Å². The van der Waals surface area contributed by atoms with Crippen LogP contribution in [0.1, 0.15) is 20.3 Å². The van der Waals surface area contributed by atoms with Crippen LogP contribution in [0.15, 0.2) is 28.2 Å². The van der Waals surface area contributed by atoms with Crippen molar-refractivity contribution < 1.29 is 0 Å². The van der Waals surface area contributed by atoms with Gasteiger partial charge in [-0.2, -0.15) is 5.26 Å². The molecule has 0 aliphatic carbocycles. The smallest absolute Gasteiger partial charge is 0.262 e. The van der Waals surface area contributed by atoms with Crippen LogP contribution in [0.3, 0.4) is 0 Å². The van der Waals surface area contributed by atoms with Gasteiger partial charge in [0.05, 0.1) is 17.0 Å². The Morgan fingerprint density at radius 1 is 1.48 bits per heavy atom. The lowest BCUT2D eigenvalue weighted by Gasteiger charge is -2.14. The predicted octanol–water partition coefficient (Wildman–Crippen LogP) is 3.71. The molecule has 0 aliphatic rings. The Balaban J connectivity index is 2.56. The zero-order valence-corrected chi connectivity index (χ0v) is 13.5. The van der Waals surface area contributed by atoms with Crippen LogP contribution >= 0.6 is 23.4 Å². The lowest BCUT2D eigenvalue weighted by atomic mass is 10.2. The molecule has 0 atom stereocenters. The molecule has 110 valence electrons. The fourth-order valence-corrected chi connectivity index (χ4v) is 3.02. The number of hydrogen-bond acceptors (Lipinski definition) is 4. The van der Waals surface area contributed by atoms with Crippen LogP contribution in [-0.2, 0) is 6.54 Å². The summed E-state index contributed by atoms with van der Waals surface area (Å²) in [7, 11) is 0. The quantitative estimate of drug-likeness (QED) is 0.478. The van der Waals surface area contributed by atoms with E-state index in [-0.39, 0.29) is 5.56 Å². The normalized spacial score (nSPS) is 11.0. The number of rotatable bonds is 5. The maximum atomic E-state index is 12.6. The van der Waals surface area contributed by atoms with Crippen LogP contribution in [0.25, 0.3) is 10.9 Å². The van der Waals surface area contributed by atoms with E-state index in [2.05, 4.69) is 24.9 Å². The number of hydrogen-bond donors (Lipinski definition) is 0. The third kappa shape index (κ3) is 3.78. The molecule has 0 amide bonds. The van der Waals surface area contributed by atoms with Gasteiger partial charge in [-0.15, -0.1) is 0 Å². The van der Waals surface area contributed by atoms with Crippen LogP contribution < -0.4 is 5.56 Å². The zero-order chi connectivity index (χ0) is 15.4. The molecular formula is C15H16ClN3OS. The van der Waals surface area contributed by atoms with Gasteiger partial charge in [-0.1, -0.05) is 37.2 Å². The number of aromatic nitrogens is 2. The first-order valence-electron chi connectivity index (χ1n) is 6.72. The average molecular weight is 322 g/mol. The maximum Gasteiger partial charge on any atom is 0.262 e. The van der Waals surface area contributed by atoms with E-state index in [1.165, 1.54) is 11.8 Å². The molecule has 1 aromatic heterocycles. The average Bonchev–Trinajstić information content (AvgIpc) is 2.42. The highest BCUT2D eigenvalue weighted by molar-refractivity contribution is 7.99. The number of nitriles is 1. The van der Waals surface area contributed by atoms with Gasteiger partial charge in [0, 0.05) is 23.7 Å². The molecule has 0 saturated carbocycles. The summed E-state index contributed by atoms with van der Waals surface area (Å²) in [6.45, 7) is 4.73. The van der Waals surface area contributed by atoms with Gasteiger partial charge in [0.1, 0.15) is 0 Å². The molecular weight excluding hydrogens is 306 g/mol. The van der Waals surface area contributed by atoms with Crippen LogP contribution in [0.2, 0.25) is 5.02 Å². The summed E-state index contributed by atoms with van der Waals surface area (Å²) in [6, 6.07) is 7.22. The molecule has 6 heteroatoms. The lowest BCUT2D eigenvalue weighted by molar-refractivity contribution is 0.475. The molecule has 21 heavy (non-hydrogen) atoms. The fourth-order valence-electron chi connectivity index (χ4n) is 2.00. The first kappa shape index (κ1) is 15.9. The van der Waals surface area contributed by atoms with E-state index < -0.39 is 0 Å². The van der Waals surface area contributed by atoms with E-state index in [9.17, 15) is 4.79 Å². The van der Waals surface area contributed by atoms with Gasteiger partial charge in [-0.05, 0) is 24.1 Å². The van der Waals surface area contributed by atoms with Crippen LogP contribution in [0.4, 0.5) is 0 Å². The van der Waals surface area contributed by atoms with Crippen LogP contribution in [0, 0.1) is 17.2 Å². The summed E-state index contributed by atoms with van der Waals surface area (Å²) < 4.78 is 1.70. The molecule has 0 spiro atoms. The third-order valence-electron chi connectivity index (χ3n) is 2.88. The largest absolute Gasteiger partial charge is 0.287 e. The summed E-state index contributed by atoms with van der Waals surface area (Å²) in [5.74, 6) is 0.956. The van der Waals surface area contributed by atoms with E-state index in [1.54, 1.807) is 22.8 Å². The van der Waals surface area contributed by atoms with Crippen molar-refractivity contribution in [2.45, 2.75) is 32.0 Å².